The standard InChI is InChI=1S/C24H31N3O5S/c1-24(29,23(28)16-6-5-7-17(14-16)27-33(2,30)31)25-12-13-32-18-10-11-20-19-8-3-4-9-21(19)26-22(20)15-18/h5-7,10-11,14-15,23,25-29H,3-4,8-9,12-13H2,1-2H3/t23-,24-/m1/s1. The summed E-state index contributed by atoms with van der Waals surface area (Å²) < 4.78 is 31.1. The van der Waals surface area contributed by atoms with Crippen LogP contribution >= 0.6 is 0 Å². The maximum atomic E-state index is 11.4. The second kappa shape index (κ2) is 9.34. The number of H-pyrrole nitrogens is 1. The van der Waals surface area contributed by atoms with Crippen LogP contribution in [0.25, 0.3) is 10.9 Å². The average molecular weight is 474 g/mol. The third-order valence-corrected chi connectivity index (χ3v) is 6.57. The van der Waals surface area contributed by atoms with Crippen molar-refractivity contribution in [3.05, 3.63) is 59.3 Å². The fraction of sp³-hybridized carbons (Fsp3) is 0.417. The molecule has 0 amide bonds. The molecule has 0 bridgehead atoms. The third kappa shape index (κ3) is 5.67. The fourth-order valence-electron chi connectivity index (χ4n) is 4.36. The molecule has 1 aromatic heterocycles. The van der Waals surface area contributed by atoms with Crippen molar-refractivity contribution in [3.63, 3.8) is 0 Å². The highest BCUT2D eigenvalue weighted by molar-refractivity contribution is 7.92. The van der Waals surface area contributed by atoms with E-state index in [1.54, 1.807) is 18.2 Å². The van der Waals surface area contributed by atoms with E-state index in [2.05, 4.69) is 21.1 Å². The number of aliphatic hydroxyl groups is 2. The Morgan fingerprint density at radius 2 is 1.97 bits per heavy atom. The average Bonchev–Trinajstić information content (AvgIpc) is 3.13. The van der Waals surface area contributed by atoms with Crippen LogP contribution in [0.4, 0.5) is 5.69 Å². The summed E-state index contributed by atoms with van der Waals surface area (Å²) in [6, 6.07) is 12.3. The highest BCUT2D eigenvalue weighted by atomic mass is 32.2. The van der Waals surface area contributed by atoms with Crippen LogP contribution in [-0.4, -0.2) is 48.7 Å². The van der Waals surface area contributed by atoms with Gasteiger partial charge >= 0.3 is 0 Å². The lowest BCUT2D eigenvalue weighted by Gasteiger charge is -2.30. The van der Waals surface area contributed by atoms with Crippen molar-refractivity contribution >= 4 is 26.6 Å². The number of aryl methyl sites for hydroxylation is 2. The summed E-state index contributed by atoms with van der Waals surface area (Å²) in [5.41, 5.74) is 2.88. The second-order valence-electron chi connectivity index (χ2n) is 8.82. The van der Waals surface area contributed by atoms with Gasteiger partial charge in [-0.05, 0) is 68.0 Å². The molecule has 1 aliphatic rings. The molecule has 178 valence electrons. The Hall–Kier alpha value is -2.59. The first-order chi connectivity index (χ1) is 15.6. The SMILES string of the molecule is C[C@](O)(NCCOc1ccc2c3c([nH]c2c1)CCCC3)[C@H](O)c1cccc(NS(C)(=O)=O)c1. The summed E-state index contributed by atoms with van der Waals surface area (Å²) in [7, 11) is -3.44. The number of nitrogens with one attached hydrogen (secondary N) is 3. The number of ether oxygens (including phenoxy) is 1. The minimum atomic E-state index is -3.44. The zero-order valence-corrected chi connectivity index (χ0v) is 19.7. The van der Waals surface area contributed by atoms with Crippen molar-refractivity contribution in [2.45, 2.75) is 44.4 Å². The highest BCUT2D eigenvalue weighted by Gasteiger charge is 2.31. The van der Waals surface area contributed by atoms with E-state index in [1.807, 2.05) is 12.1 Å². The number of aromatic nitrogens is 1. The first-order valence-electron chi connectivity index (χ1n) is 11.1. The molecule has 1 aliphatic carbocycles. The van der Waals surface area contributed by atoms with Crippen LogP contribution in [0.1, 0.15) is 42.7 Å². The molecule has 0 saturated heterocycles. The molecule has 0 radical (unpaired) electrons. The summed E-state index contributed by atoms with van der Waals surface area (Å²) in [6.45, 7) is 2.05. The number of hydrogen-bond acceptors (Lipinski definition) is 6. The summed E-state index contributed by atoms with van der Waals surface area (Å²) in [5.74, 6) is 0.739. The van der Waals surface area contributed by atoms with Gasteiger partial charge in [-0.1, -0.05) is 12.1 Å². The molecule has 33 heavy (non-hydrogen) atoms. The quantitative estimate of drug-likeness (QED) is 0.241. The first kappa shape index (κ1) is 23.6. The zero-order chi connectivity index (χ0) is 23.6. The van der Waals surface area contributed by atoms with Gasteiger partial charge in [-0.3, -0.25) is 10.0 Å². The zero-order valence-electron chi connectivity index (χ0n) is 18.9. The number of aromatic amines is 1. The van der Waals surface area contributed by atoms with Crippen molar-refractivity contribution in [2.24, 2.45) is 0 Å². The number of sulfonamides is 1. The molecule has 0 fully saturated rings. The van der Waals surface area contributed by atoms with Crippen molar-refractivity contribution in [1.29, 1.82) is 0 Å². The lowest BCUT2D eigenvalue weighted by atomic mass is 9.96. The van der Waals surface area contributed by atoms with Crippen LogP contribution in [0, 0.1) is 0 Å². The monoisotopic (exact) mass is 473 g/mol. The Labute approximate surface area is 194 Å². The lowest BCUT2D eigenvalue weighted by Crippen LogP contribution is -2.49. The van der Waals surface area contributed by atoms with Crippen molar-refractivity contribution in [2.75, 3.05) is 24.1 Å². The summed E-state index contributed by atoms with van der Waals surface area (Å²) >= 11 is 0. The fourth-order valence-corrected chi connectivity index (χ4v) is 4.92. The molecule has 1 heterocycles. The Bertz CT molecular complexity index is 1240. The van der Waals surface area contributed by atoms with Crippen LogP contribution < -0.4 is 14.8 Å². The molecule has 5 N–H and O–H groups in total. The van der Waals surface area contributed by atoms with E-state index >= 15 is 0 Å². The maximum Gasteiger partial charge on any atom is 0.229 e. The number of anilines is 1. The normalized spacial score (nSPS) is 16.7. The Morgan fingerprint density at radius 3 is 2.76 bits per heavy atom. The van der Waals surface area contributed by atoms with Gasteiger partial charge in [0.15, 0.2) is 0 Å². The molecule has 4 rings (SSSR count). The molecule has 8 nitrogen and oxygen atoms in total. The van der Waals surface area contributed by atoms with Crippen LogP contribution in [0.5, 0.6) is 5.75 Å². The molecule has 0 unspecified atom stereocenters. The van der Waals surface area contributed by atoms with Crippen LogP contribution in [0.15, 0.2) is 42.5 Å². The maximum absolute atomic E-state index is 11.4. The number of fused-ring (bicyclic) bond motifs is 3. The number of hydrogen-bond donors (Lipinski definition) is 5. The molecule has 0 spiro atoms. The number of aliphatic hydroxyl groups excluding tert-OH is 1. The molecule has 3 aromatic rings. The first-order valence-corrected chi connectivity index (χ1v) is 13.0. The minimum absolute atomic E-state index is 0.296. The number of rotatable bonds is 9. The summed E-state index contributed by atoms with van der Waals surface area (Å²) in [5, 5.41) is 25.5. The van der Waals surface area contributed by atoms with Gasteiger partial charge in [0.05, 0.1) is 6.26 Å². The van der Waals surface area contributed by atoms with E-state index < -0.39 is 21.9 Å². The van der Waals surface area contributed by atoms with Crippen molar-refractivity contribution in [1.82, 2.24) is 10.3 Å². The Kier molecular flexibility index (Phi) is 6.67. The Balaban J connectivity index is 1.33. The molecular weight excluding hydrogens is 442 g/mol. The van der Waals surface area contributed by atoms with Gasteiger partial charge in [0.25, 0.3) is 0 Å². The van der Waals surface area contributed by atoms with Gasteiger partial charge < -0.3 is 19.9 Å². The van der Waals surface area contributed by atoms with Crippen molar-refractivity contribution in [3.8, 4) is 5.75 Å². The van der Waals surface area contributed by atoms with Gasteiger partial charge in [0.2, 0.25) is 10.0 Å². The van der Waals surface area contributed by atoms with E-state index in [-0.39, 0.29) is 0 Å². The summed E-state index contributed by atoms with van der Waals surface area (Å²) in [6.07, 6.45) is 4.43. The van der Waals surface area contributed by atoms with E-state index in [0.717, 1.165) is 30.4 Å². The highest BCUT2D eigenvalue weighted by Crippen LogP contribution is 2.31. The van der Waals surface area contributed by atoms with Crippen LogP contribution in [0.2, 0.25) is 0 Å². The summed E-state index contributed by atoms with van der Waals surface area (Å²) in [4.78, 5) is 3.51. The van der Waals surface area contributed by atoms with Gasteiger partial charge in [-0.25, -0.2) is 8.42 Å². The molecular formula is C24H31N3O5S. The lowest BCUT2D eigenvalue weighted by molar-refractivity contribution is -0.0884. The van der Waals surface area contributed by atoms with Crippen LogP contribution in [-0.2, 0) is 22.9 Å². The predicted molar refractivity (Wildman–Crippen MR) is 129 cm³/mol. The van der Waals surface area contributed by atoms with Gasteiger partial charge in [-0.2, -0.15) is 0 Å². The number of benzene rings is 2. The predicted octanol–water partition coefficient (Wildman–Crippen LogP) is 2.83. The molecule has 2 atom stereocenters. The molecule has 0 aliphatic heterocycles. The van der Waals surface area contributed by atoms with Crippen LogP contribution in [0.3, 0.4) is 0 Å². The smallest absolute Gasteiger partial charge is 0.229 e. The molecule has 2 aromatic carbocycles. The third-order valence-electron chi connectivity index (χ3n) is 5.96. The second-order valence-corrected chi connectivity index (χ2v) is 10.6. The topological polar surface area (TPSA) is 124 Å². The van der Waals surface area contributed by atoms with E-state index in [1.165, 1.54) is 42.5 Å². The van der Waals surface area contributed by atoms with Gasteiger partial charge in [0.1, 0.15) is 24.2 Å². The minimum Gasteiger partial charge on any atom is -0.492 e. The largest absolute Gasteiger partial charge is 0.492 e. The van der Waals surface area contributed by atoms with E-state index in [0.29, 0.717) is 24.4 Å². The van der Waals surface area contributed by atoms with Crippen molar-refractivity contribution < 1.29 is 23.4 Å². The molecule has 0 saturated carbocycles. The van der Waals surface area contributed by atoms with E-state index in [4.69, 9.17) is 4.74 Å². The van der Waals surface area contributed by atoms with Gasteiger partial charge in [0, 0.05) is 34.9 Å². The Morgan fingerprint density at radius 1 is 1.18 bits per heavy atom. The van der Waals surface area contributed by atoms with E-state index in [9.17, 15) is 18.6 Å². The van der Waals surface area contributed by atoms with Gasteiger partial charge in [-0.15, -0.1) is 0 Å². The molecule has 9 heteroatoms.